The molecule has 124 valence electrons. The largest absolute Gasteiger partial charge is 0.481 e. The summed E-state index contributed by atoms with van der Waals surface area (Å²) in [5, 5.41) is 10.7. The molecule has 0 bridgehead atoms. The van der Waals surface area contributed by atoms with Gasteiger partial charge >= 0.3 is 0 Å². The molecule has 3 aromatic rings. The lowest BCUT2D eigenvalue weighted by Gasteiger charge is -2.18. The summed E-state index contributed by atoms with van der Waals surface area (Å²) >= 11 is 0. The Morgan fingerprint density at radius 3 is 2.83 bits per heavy atom. The molecule has 1 saturated heterocycles. The van der Waals surface area contributed by atoms with Gasteiger partial charge in [0.2, 0.25) is 5.89 Å². The van der Waals surface area contributed by atoms with E-state index in [4.69, 9.17) is 13.9 Å². The van der Waals surface area contributed by atoms with Crippen molar-refractivity contribution in [1.29, 1.82) is 0 Å². The SMILES string of the molecule is C[C@H](Oc1ccc2ccccc2c1)c1nnc([C@H]2CCCOC2)o1. The first-order chi connectivity index (χ1) is 11.8. The summed E-state index contributed by atoms with van der Waals surface area (Å²) in [5.74, 6) is 2.15. The maximum atomic E-state index is 5.98. The lowest BCUT2D eigenvalue weighted by molar-refractivity contribution is 0.0710. The average molecular weight is 324 g/mol. The lowest BCUT2D eigenvalue weighted by Crippen LogP contribution is -2.15. The molecule has 0 N–H and O–H groups in total. The third-order valence-electron chi connectivity index (χ3n) is 4.35. The topological polar surface area (TPSA) is 57.4 Å². The minimum absolute atomic E-state index is 0.202. The normalized spacial score (nSPS) is 19.3. The Balaban J connectivity index is 1.48. The van der Waals surface area contributed by atoms with Crippen LogP contribution in [0.3, 0.4) is 0 Å². The van der Waals surface area contributed by atoms with Gasteiger partial charge in [-0.15, -0.1) is 10.2 Å². The van der Waals surface area contributed by atoms with E-state index in [-0.39, 0.29) is 12.0 Å². The average Bonchev–Trinajstić information content (AvgIpc) is 3.13. The molecule has 0 unspecified atom stereocenters. The number of benzene rings is 2. The van der Waals surface area contributed by atoms with E-state index in [0.717, 1.165) is 30.6 Å². The molecule has 5 nitrogen and oxygen atoms in total. The number of hydrogen-bond acceptors (Lipinski definition) is 5. The molecule has 4 rings (SSSR count). The first kappa shape index (κ1) is 15.1. The molecular formula is C19H20N2O3. The lowest BCUT2D eigenvalue weighted by atomic mass is 10.0. The van der Waals surface area contributed by atoms with E-state index in [0.29, 0.717) is 18.4 Å². The van der Waals surface area contributed by atoms with E-state index in [1.807, 2.05) is 31.2 Å². The zero-order valence-corrected chi connectivity index (χ0v) is 13.6. The maximum Gasteiger partial charge on any atom is 0.256 e. The van der Waals surface area contributed by atoms with Crippen LogP contribution in [0.4, 0.5) is 0 Å². The predicted molar refractivity (Wildman–Crippen MR) is 90.1 cm³/mol. The van der Waals surface area contributed by atoms with Crippen molar-refractivity contribution >= 4 is 10.8 Å². The summed E-state index contributed by atoms with van der Waals surface area (Å²) in [6.07, 6.45) is 1.77. The smallest absolute Gasteiger partial charge is 0.256 e. The van der Waals surface area contributed by atoms with Crippen LogP contribution in [0.5, 0.6) is 5.75 Å². The Labute approximate surface area is 140 Å². The van der Waals surface area contributed by atoms with Crippen LogP contribution in [0, 0.1) is 0 Å². The van der Waals surface area contributed by atoms with Crippen molar-refractivity contribution < 1.29 is 13.9 Å². The highest BCUT2D eigenvalue weighted by atomic mass is 16.5. The third kappa shape index (κ3) is 3.12. The molecule has 0 spiro atoms. The Hall–Kier alpha value is -2.40. The maximum absolute atomic E-state index is 5.98. The van der Waals surface area contributed by atoms with Crippen LogP contribution in [0.15, 0.2) is 46.9 Å². The van der Waals surface area contributed by atoms with Crippen LogP contribution in [0.25, 0.3) is 10.8 Å². The quantitative estimate of drug-likeness (QED) is 0.718. The molecule has 1 fully saturated rings. The molecule has 2 heterocycles. The van der Waals surface area contributed by atoms with Crippen LogP contribution in [-0.4, -0.2) is 23.4 Å². The van der Waals surface area contributed by atoms with Crippen molar-refractivity contribution in [3.63, 3.8) is 0 Å². The van der Waals surface area contributed by atoms with Crippen molar-refractivity contribution in [2.24, 2.45) is 0 Å². The van der Waals surface area contributed by atoms with Gasteiger partial charge in [-0.3, -0.25) is 0 Å². The van der Waals surface area contributed by atoms with Crippen LogP contribution in [0.1, 0.15) is 43.6 Å². The summed E-state index contributed by atoms with van der Waals surface area (Å²) in [7, 11) is 0. The minimum Gasteiger partial charge on any atom is -0.481 e. The summed E-state index contributed by atoms with van der Waals surface area (Å²) in [6.45, 7) is 3.39. The van der Waals surface area contributed by atoms with Crippen molar-refractivity contribution in [1.82, 2.24) is 10.2 Å². The molecule has 24 heavy (non-hydrogen) atoms. The predicted octanol–water partition coefficient (Wildman–Crippen LogP) is 4.26. The molecule has 5 heteroatoms. The molecule has 1 aliphatic heterocycles. The molecule has 0 saturated carbocycles. The fourth-order valence-corrected chi connectivity index (χ4v) is 3.01. The molecule has 0 aliphatic carbocycles. The fourth-order valence-electron chi connectivity index (χ4n) is 3.01. The molecule has 2 aromatic carbocycles. The van der Waals surface area contributed by atoms with Gasteiger partial charge in [-0.25, -0.2) is 0 Å². The van der Waals surface area contributed by atoms with Gasteiger partial charge in [0.05, 0.1) is 12.5 Å². The van der Waals surface area contributed by atoms with Gasteiger partial charge in [0.25, 0.3) is 5.89 Å². The number of hydrogen-bond donors (Lipinski definition) is 0. The van der Waals surface area contributed by atoms with Gasteiger partial charge in [-0.05, 0) is 42.7 Å². The zero-order valence-electron chi connectivity index (χ0n) is 13.6. The number of fused-ring (bicyclic) bond motifs is 1. The van der Waals surface area contributed by atoms with Gasteiger partial charge in [-0.2, -0.15) is 0 Å². The van der Waals surface area contributed by atoms with E-state index < -0.39 is 0 Å². The van der Waals surface area contributed by atoms with Crippen LogP contribution < -0.4 is 4.74 Å². The number of rotatable bonds is 4. The van der Waals surface area contributed by atoms with E-state index in [1.165, 1.54) is 5.39 Å². The Kier molecular flexibility index (Phi) is 4.17. The first-order valence-electron chi connectivity index (χ1n) is 8.36. The second kappa shape index (κ2) is 6.61. The molecule has 0 amide bonds. The van der Waals surface area contributed by atoms with E-state index in [9.17, 15) is 0 Å². The Bertz CT molecular complexity index is 824. The first-order valence-corrected chi connectivity index (χ1v) is 8.36. The summed E-state index contributed by atoms with van der Waals surface area (Å²) in [5.41, 5.74) is 0. The summed E-state index contributed by atoms with van der Waals surface area (Å²) in [6, 6.07) is 14.2. The molecule has 0 radical (unpaired) electrons. The van der Waals surface area contributed by atoms with E-state index in [1.54, 1.807) is 0 Å². The van der Waals surface area contributed by atoms with Crippen molar-refractivity contribution in [2.45, 2.75) is 31.8 Å². The highest BCUT2D eigenvalue weighted by Gasteiger charge is 2.24. The summed E-state index contributed by atoms with van der Waals surface area (Å²) < 4.78 is 17.3. The van der Waals surface area contributed by atoms with Crippen molar-refractivity contribution in [2.75, 3.05) is 13.2 Å². The van der Waals surface area contributed by atoms with Crippen molar-refractivity contribution in [3.8, 4) is 5.75 Å². The Morgan fingerprint density at radius 2 is 2.00 bits per heavy atom. The number of aromatic nitrogens is 2. The zero-order chi connectivity index (χ0) is 16.4. The Morgan fingerprint density at radius 1 is 1.12 bits per heavy atom. The highest BCUT2D eigenvalue weighted by Crippen LogP contribution is 2.28. The van der Waals surface area contributed by atoms with Crippen LogP contribution in [0.2, 0.25) is 0 Å². The summed E-state index contributed by atoms with van der Waals surface area (Å²) in [4.78, 5) is 0. The highest BCUT2D eigenvalue weighted by molar-refractivity contribution is 5.83. The fraction of sp³-hybridized carbons (Fsp3) is 0.368. The minimum atomic E-state index is -0.295. The standard InChI is InChI=1S/C19H20N2O3/c1-13(18-20-21-19(24-18)16-7-4-10-22-12-16)23-17-9-8-14-5-2-3-6-15(14)11-17/h2-3,5-6,8-9,11,13,16H,4,7,10,12H2,1H3/t13-,16-/m0/s1. The second-order valence-corrected chi connectivity index (χ2v) is 6.16. The van der Waals surface area contributed by atoms with Gasteiger partial charge < -0.3 is 13.9 Å². The third-order valence-corrected chi connectivity index (χ3v) is 4.35. The molecule has 2 atom stereocenters. The molecule has 1 aliphatic rings. The second-order valence-electron chi connectivity index (χ2n) is 6.16. The van der Waals surface area contributed by atoms with Crippen LogP contribution in [-0.2, 0) is 4.74 Å². The van der Waals surface area contributed by atoms with Gasteiger partial charge in [0, 0.05) is 6.61 Å². The van der Waals surface area contributed by atoms with Gasteiger partial charge in [-0.1, -0.05) is 30.3 Å². The monoisotopic (exact) mass is 324 g/mol. The number of nitrogens with zero attached hydrogens (tertiary/aromatic N) is 2. The molecule has 1 aromatic heterocycles. The van der Waals surface area contributed by atoms with Gasteiger partial charge in [0.15, 0.2) is 6.10 Å². The molecular weight excluding hydrogens is 304 g/mol. The van der Waals surface area contributed by atoms with Crippen LogP contribution >= 0.6 is 0 Å². The van der Waals surface area contributed by atoms with Gasteiger partial charge in [0.1, 0.15) is 5.75 Å². The number of ether oxygens (including phenoxy) is 2. The van der Waals surface area contributed by atoms with Crippen molar-refractivity contribution in [3.05, 3.63) is 54.2 Å². The van der Waals surface area contributed by atoms with E-state index >= 15 is 0 Å². The van der Waals surface area contributed by atoms with E-state index in [2.05, 4.69) is 28.4 Å².